The summed E-state index contributed by atoms with van der Waals surface area (Å²) in [6, 6.07) is 10.7. The largest absolute Gasteiger partial charge is 0.400 e. The standard InChI is InChI=1S/C27H27N5O2.C4H10O.C2H2.CH4O/c1-16-5-7-20(8-6-16)24-22(9-12-33)18(3)25-26-23(24)13-17(2)31(26)10-11-32(25)27-28-14-21(15-29-27)30-19(4)34;1-4(2,3)5;2*1-2/h5-8,12-15H,9-11H2,1-4H3,(H,30,34);5H,1-3H3;1-2H;2H,1H3. The molecule has 2 aromatic heterocycles. The van der Waals surface area contributed by atoms with E-state index in [1.807, 2.05) is 0 Å². The highest BCUT2D eigenvalue weighted by molar-refractivity contribution is 6.07. The highest BCUT2D eigenvalue weighted by Gasteiger charge is 2.29. The summed E-state index contributed by atoms with van der Waals surface area (Å²) in [5.74, 6) is 0.411. The summed E-state index contributed by atoms with van der Waals surface area (Å²) in [4.78, 5) is 34.4. The Morgan fingerprint density at radius 1 is 1.05 bits per heavy atom. The molecule has 0 spiro atoms. The summed E-state index contributed by atoms with van der Waals surface area (Å²) in [6.07, 6.45) is 12.6. The smallest absolute Gasteiger partial charge is 0.230 e. The van der Waals surface area contributed by atoms with Crippen LogP contribution < -0.4 is 10.2 Å². The Labute approximate surface area is 254 Å². The molecule has 1 aliphatic rings. The van der Waals surface area contributed by atoms with Gasteiger partial charge in [0.25, 0.3) is 0 Å². The summed E-state index contributed by atoms with van der Waals surface area (Å²) in [7, 11) is 1.00. The van der Waals surface area contributed by atoms with Crippen LogP contribution in [0.15, 0.2) is 42.7 Å². The molecule has 0 radical (unpaired) electrons. The Bertz CT molecular complexity index is 1560. The van der Waals surface area contributed by atoms with E-state index in [0.29, 0.717) is 24.6 Å². The number of aryl methyl sites for hydroxylation is 2. The lowest BCUT2D eigenvalue weighted by molar-refractivity contribution is -0.114. The fourth-order valence-corrected chi connectivity index (χ4v) is 5.04. The van der Waals surface area contributed by atoms with Crippen molar-refractivity contribution < 1.29 is 19.8 Å². The molecule has 0 unspecified atom stereocenters. The van der Waals surface area contributed by atoms with Crippen LogP contribution >= 0.6 is 0 Å². The number of aliphatic hydroxyl groups excluding tert-OH is 1. The lowest BCUT2D eigenvalue weighted by Crippen LogP contribution is -2.30. The second-order valence-corrected chi connectivity index (χ2v) is 11.0. The zero-order valence-electron chi connectivity index (χ0n) is 26.4. The van der Waals surface area contributed by atoms with Gasteiger partial charge >= 0.3 is 0 Å². The molecule has 228 valence electrons. The van der Waals surface area contributed by atoms with E-state index in [0.717, 1.165) is 58.8 Å². The maximum atomic E-state index is 11.8. The van der Waals surface area contributed by atoms with Crippen LogP contribution in [0.25, 0.3) is 22.0 Å². The quantitative estimate of drug-likeness (QED) is 0.209. The van der Waals surface area contributed by atoms with Gasteiger partial charge in [-0.1, -0.05) is 29.8 Å². The molecule has 5 rings (SSSR count). The Hall–Kier alpha value is -4.52. The minimum atomic E-state index is -0.500. The van der Waals surface area contributed by atoms with E-state index in [1.54, 1.807) is 33.2 Å². The number of rotatable bonds is 5. The molecule has 2 aromatic carbocycles. The molecular formula is C34H43N5O4. The van der Waals surface area contributed by atoms with Crippen LogP contribution in [0.2, 0.25) is 0 Å². The molecule has 0 atom stereocenters. The van der Waals surface area contributed by atoms with E-state index in [4.69, 9.17) is 10.2 Å². The number of benzene rings is 2. The number of aldehydes is 1. The van der Waals surface area contributed by atoms with E-state index >= 15 is 0 Å². The first-order chi connectivity index (χ1) is 20.4. The first-order valence-electron chi connectivity index (χ1n) is 13.9. The predicted octanol–water partition coefficient (Wildman–Crippen LogP) is 5.51. The van der Waals surface area contributed by atoms with Crippen molar-refractivity contribution in [3.8, 4) is 24.0 Å². The molecule has 1 amide bonds. The van der Waals surface area contributed by atoms with Gasteiger partial charge in [-0.3, -0.25) is 4.79 Å². The van der Waals surface area contributed by atoms with Crippen LogP contribution in [-0.2, 0) is 22.6 Å². The van der Waals surface area contributed by atoms with Crippen molar-refractivity contribution in [2.75, 3.05) is 23.9 Å². The van der Waals surface area contributed by atoms with Gasteiger partial charge in [-0.25, -0.2) is 9.97 Å². The van der Waals surface area contributed by atoms with Crippen LogP contribution in [0, 0.1) is 33.6 Å². The molecule has 3 N–H and O–H groups in total. The second-order valence-electron chi connectivity index (χ2n) is 11.0. The van der Waals surface area contributed by atoms with Crippen LogP contribution in [0.5, 0.6) is 0 Å². The second kappa shape index (κ2) is 15.1. The van der Waals surface area contributed by atoms with Gasteiger partial charge in [0.15, 0.2) is 0 Å². The molecule has 0 bridgehead atoms. The van der Waals surface area contributed by atoms with Crippen molar-refractivity contribution in [3.05, 3.63) is 65.1 Å². The molecule has 0 aliphatic carbocycles. The average Bonchev–Trinajstić information content (AvgIpc) is 3.30. The molecule has 4 aromatic rings. The van der Waals surface area contributed by atoms with Gasteiger partial charge in [-0.05, 0) is 69.9 Å². The lowest BCUT2D eigenvalue weighted by Gasteiger charge is -2.33. The van der Waals surface area contributed by atoms with E-state index in [9.17, 15) is 9.59 Å². The van der Waals surface area contributed by atoms with Gasteiger partial charge in [0.05, 0.1) is 34.9 Å². The summed E-state index contributed by atoms with van der Waals surface area (Å²) in [5.41, 5.74) is 8.95. The number of carbonyl (C=O) groups excluding carboxylic acids is 2. The molecule has 0 saturated carbocycles. The Kier molecular flexibility index (Phi) is 12.2. The third kappa shape index (κ3) is 8.28. The van der Waals surface area contributed by atoms with E-state index in [-0.39, 0.29) is 5.91 Å². The maximum absolute atomic E-state index is 11.8. The number of aliphatic hydroxyl groups is 2. The first-order valence-corrected chi connectivity index (χ1v) is 13.9. The number of anilines is 3. The summed E-state index contributed by atoms with van der Waals surface area (Å²) >= 11 is 0. The van der Waals surface area contributed by atoms with E-state index in [1.165, 1.54) is 18.2 Å². The number of terminal acetylenes is 1. The topological polar surface area (TPSA) is 121 Å². The number of nitrogens with one attached hydrogen (secondary N) is 1. The Morgan fingerprint density at radius 2 is 1.60 bits per heavy atom. The average molecular weight is 586 g/mol. The van der Waals surface area contributed by atoms with Crippen molar-refractivity contribution >= 4 is 40.4 Å². The number of hydrogen-bond donors (Lipinski definition) is 3. The number of hydrogen-bond acceptors (Lipinski definition) is 7. The van der Waals surface area contributed by atoms with Gasteiger partial charge in [-0.2, -0.15) is 0 Å². The van der Waals surface area contributed by atoms with Gasteiger partial charge in [0.2, 0.25) is 11.9 Å². The van der Waals surface area contributed by atoms with Crippen LogP contribution in [0.3, 0.4) is 0 Å². The van der Waals surface area contributed by atoms with Crippen LogP contribution in [-0.4, -0.2) is 56.2 Å². The molecule has 0 fully saturated rings. The maximum Gasteiger partial charge on any atom is 0.230 e. The summed E-state index contributed by atoms with van der Waals surface area (Å²) in [6.45, 7) is 14.5. The molecule has 9 nitrogen and oxygen atoms in total. The molecule has 1 aliphatic heterocycles. The number of carbonyl (C=O) groups is 2. The number of aromatic nitrogens is 3. The Balaban J connectivity index is 0.000000642. The first kappa shape index (κ1) is 34.7. The predicted molar refractivity (Wildman–Crippen MR) is 175 cm³/mol. The molecule has 43 heavy (non-hydrogen) atoms. The minimum Gasteiger partial charge on any atom is -0.400 e. The zero-order valence-corrected chi connectivity index (χ0v) is 26.4. The van der Waals surface area contributed by atoms with Crippen LogP contribution in [0.4, 0.5) is 17.3 Å². The van der Waals surface area contributed by atoms with Crippen molar-refractivity contribution in [1.82, 2.24) is 14.5 Å². The van der Waals surface area contributed by atoms with Crippen LogP contribution in [0.1, 0.15) is 50.1 Å². The fraction of sp³-hybridized carbons (Fsp3) is 0.353. The highest BCUT2D eigenvalue weighted by atomic mass is 16.3. The fourth-order valence-electron chi connectivity index (χ4n) is 5.04. The molecule has 0 saturated heterocycles. The zero-order chi connectivity index (χ0) is 32.5. The lowest BCUT2D eigenvalue weighted by atomic mass is 9.88. The van der Waals surface area contributed by atoms with Gasteiger partial charge in [0.1, 0.15) is 6.29 Å². The Morgan fingerprint density at radius 3 is 2.12 bits per heavy atom. The SMILES string of the molecule is C#C.CC(=O)Nc1cnc(N2CCn3c(C)cc4c(-c5ccc(C)cc5)c(CC=O)c(C)c2c43)nc1.CC(C)(C)O.CO. The van der Waals surface area contributed by atoms with Crippen molar-refractivity contribution in [1.29, 1.82) is 0 Å². The molecule has 9 heteroatoms. The van der Waals surface area contributed by atoms with Crippen molar-refractivity contribution in [2.45, 2.75) is 67.0 Å². The van der Waals surface area contributed by atoms with Crippen molar-refractivity contribution in [3.63, 3.8) is 0 Å². The third-order valence-electron chi connectivity index (χ3n) is 6.55. The summed E-state index contributed by atoms with van der Waals surface area (Å²) in [5, 5.41) is 19.4. The monoisotopic (exact) mass is 585 g/mol. The van der Waals surface area contributed by atoms with E-state index < -0.39 is 5.60 Å². The number of nitrogens with zero attached hydrogens (tertiary/aromatic N) is 4. The van der Waals surface area contributed by atoms with Gasteiger partial charge < -0.3 is 29.8 Å². The van der Waals surface area contributed by atoms with E-state index in [2.05, 4.69) is 88.7 Å². The van der Waals surface area contributed by atoms with Crippen molar-refractivity contribution in [2.24, 2.45) is 0 Å². The minimum absolute atomic E-state index is 0.162. The van der Waals surface area contributed by atoms with Gasteiger partial charge in [0, 0.05) is 44.6 Å². The number of amides is 1. The third-order valence-corrected chi connectivity index (χ3v) is 6.55. The summed E-state index contributed by atoms with van der Waals surface area (Å²) < 4.78 is 2.35. The normalized spacial score (nSPS) is 11.7. The molecular weight excluding hydrogens is 542 g/mol. The molecule has 3 heterocycles. The van der Waals surface area contributed by atoms with Gasteiger partial charge in [-0.15, -0.1) is 12.8 Å². The highest BCUT2D eigenvalue weighted by Crippen LogP contribution is 2.46.